The minimum absolute atomic E-state index is 0.474. The summed E-state index contributed by atoms with van der Waals surface area (Å²) < 4.78 is 3.11. The van der Waals surface area contributed by atoms with E-state index < -0.39 is 0 Å². The standard InChI is InChI=1S/C11H10BrNO/c1-13-7-10(12)9-4-2-3-8(5-6-14)11(9)13/h2-4,6-7H,5H2,1H3. The maximum absolute atomic E-state index is 10.5. The lowest BCUT2D eigenvalue weighted by Crippen LogP contribution is -1.92. The van der Waals surface area contributed by atoms with Crippen LogP contribution in [0.4, 0.5) is 0 Å². The van der Waals surface area contributed by atoms with Crippen LogP contribution in [-0.4, -0.2) is 10.9 Å². The molecule has 1 aromatic heterocycles. The van der Waals surface area contributed by atoms with Crippen molar-refractivity contribution in [2.24, 2.45) is 7.05 Å². The largest absolute Gasteiger partial charge is 0.349 e. The number of aromatic nitrogens is 1. The molecular weight excluding hydrogens is 242 g/mol. The molecule has 0 aliphatic rings. The van der Waals surface area contributed by atoms with Crippen LogP contribution in [0.15, 0.2) is 28.9 Å². The third-order valence-electron chi connectivity index (χ3n) is 2.34. The maximum Gasteiger partial charge on any atom is 0.124 e. The highest BCUT2D eigenvalue weighted by atomic mass is 79.9. The average molecular weight is 252 g/mol. The van der Waals surface area contributed by atoms with E-state index in [0.29, 0.717) is 6.42 Å². The Morgan fingerprint density at radius 2 is 2.29 bits per heavy atom. The van der Waals surface area contributed by atoms with Gasteiger partial charge in [0.2, 0.25) is 0 Å². The smallest absolute Gasteiger partial charge is 0.124 e. The molecule has 0 aliphatic carbocycles. The van der Waals surface area contributed by atoms with Crippen molar-refractivity contribution in [3.05, 3.63) is 34.4 Å². The van der Waals surface area contributed by atoms with Gasteiger partial charge in [-0.25, -0.2) is 0 Å². The molecule has 1 heterocycles. The Bertz CT molecular complexity index is 487. The van der Waals surface area contributed by atoms with Gasteiger partial charge in [-0.05, 0) is 21.5 Å². The Kier molecular flexibility index (Phi) is 2.42. The zero-order valence-corrected chi connectivity index (χ0v) is 9.41. The molecule has 14 heavy (non-hydrogen) atoms. The molecule has 0 saturated carbocycles. The SMILES string of the molecule is Cn1cc(Br)c2cccc(CC=O)c21. The molecule has 0 saturated heterocycles. The second-order valence-corrected chi connectivity index (χ2v) is 4.13. The summed E-state index contributed by atoms with van der Waals surface area (Å²) in [6.45, 7) is 0. The maximum atomic E-state index is 10.5. The summed E-state index contributed by atoms with van der Waals surface area (Å²) in [4.78, 5) is 10.5. The molecule has 0 N–H and O–H groups in total. The number of halogens is 1. The van der Waals surface area contributed by atoms with E-state index in [1.54, 1.807) is 0 Å². The second-order valence-electron chi connectivity index (χ2n) is 3.27. The van der Waals surface area contributed by atoms with Crippen LogP contribution in [0.5, 0.6) is 0 Å². The lowest BCUT2D eigenvalue weighted by atomic mass is 10.1. The first kappa shape index (κ1) is 9.46. The molecule has 72 valence electrons. The van der Waals surface area contributed by atoms with Gasteiger partial charge < -0.3 is 9.36 Å². The van der Waals surface area contributed by atoms with E-state index >= 15 is 0 Å². The third kappa shape index (κ3) is 1.38. The first-order chi connectivity index (χ1) is 6.74. The lowest BCUT2D eigenvalue weighted by Gasteiger charge is -2.01. The van der Waals surface area contributed by atoms with E-state index in [4.69, 9.17) is 0 Å². The van der Waals surface area contributed by atoms with E-state index in [1.807, 2.05) is 36.0 Å². The number of carbonyl (C=O) groups is 1. The van der Waals surface area contributed by atoms with Gasteiger partial charge in [-0.3, -0.25) is 0 Å². The van der Waals surface area contributed by atoms with Crippen molar-refractivity contribution < 1.29 is 4.79 Å². The van der Waals surface area contributed by atoms with E-state index in [0.717, 1.165) is 27.2 Å². The molecule has 0 amide bonds. The van der Waals surface area contributed by atoms with Crippen molar-refractivity contribution >= 4 is 33.1 Å². The van der Waals surface area contributed by atoms with E-state index in [1.165, 1.54) is 0 Å². The summed E-state index contributed by atoms with van der Waals surface area (Å²) in [6.07, 6.45) is 3.43. The summed E-state index contributed by atoms with van der Waals surface area (Å²) in [7, 11) is 1.99. The Morgan fingerprint density at radius 3 is 3.00 bits per heavy atom. The summed E-state index contributed by atoms with van der Waals surface area (Å²) >= 11 is 3.49. The average Bonchev–Trinajstić information content (AvgIpc) is 2.44. The van der Waals surface area contributed by atoms with Gasteiger partial charge in [-0.15, -0.1) is 0 Å². The number of hydrogen-bond acceptors (Lipinski definition) is 1. The fourth-order valence-electron chi connectivity index (χ4n) is 1.76. The fraction of sp³-hybridized carbons (Fsp3) is 0.182. The van der Waals surface area contributed by atoms with Gasteiger partial charge in [0.15, 0.2) is 0 Å². The number of nitrogens with zero attached hydrogens (tertiary/aromatic N) is 1. The summed E-state index contributed by atoms with van der Waals surface area (Å²) in [5.74, 6) is 0. The number of hydrogen-bond donors (Lipinski definition) is 0. The molecule has 0 radical (unpaired) electrons. The third-order valence-corrected chi connectivity index (χ3v) is 2.97. The molecule has 0 atom stereocenters. The monoisotopic (exact) mass is 251 g/mol. The minimum Gasteiger partial charge on any atom is -0.349 e. The van der Waals surface area contributed by atoms with Gasteiger partial charge in [0.05, 0.1) is 5.52 Å². The summed E-state index contributed by atoms with van der Waals surface area (Å²) in [6, 6.07) is 6.02. The van der Waals surface area contributed by atoms with Crippen molar-refractivity contribution in [3.8, 4) is 0 Å². The number of fused-ring (bicyclic) bond motifs is 1. The van der Waals surface area contributed by atoms with Crippen LogP contribution in [0.25, 0.3) is 10.9 Å². The van der Waals surface area contributed by atoms with Gasteiger partial charge >= 0.3 is 0 Å². The van der Waals surface area contributed by atoms with Crippen molar-refractivity contribution in [3.63, 3.8) is 0 Å². The lowest BCUT2D eigenvalue weighted by molar-refractivity contribution is -0.107. The summed E-state index contributed by atoms with van der Waals surface area (Å²) in [5.41, 5.74) is 2.21. The zero-order chi connectivity index (χ0) is 10.1. The topological polar surface area (TPSA) is 22.0 Å². The van der Waals surface area contributed by atoms with E-state index in [9.17, 15) is 4.79 Å². The van der Waals surface area contributed by atoms with E-state index in [-0.39, 0.29) is 0 Å². The number of para-hydroxylation sites is 1. The molecule has 0 spiro atoms. The van der Waals surface area contributed by atoms with Gasteiger partial charge in [-0.1, -0.05) is 18.2 Å². The molecular formula is C11H10BrNO. The van der Waals surface area contributed by atoms with Gasteiger partial charge in [-0.2, -0.15) is 0 Å². The molecule has 0 unspecified atom stereocenters. The van der Waals surface area contributed by atoms with Crippen LogP contribution in [0, 0.1) is 0 Å². The van der Waals surface area contributed by atoms with Crippen LogP contribution >= 0.6 is 15.9 Å². The molecule has 0 aliphatic heterocycles. The summed E-state index contributed by atoms with van der Waals surface area (Å²) in [5, 5.41) is 1.16. The molecule has 2 nitrogen and oxygen atoms in total. The van der Waals surface area contributed by atoms with Crippen LogP contribution in [0.1, 0.15) is 5.56 Å². The van der Waals surface area contributed by atoms with Gasteiger partial charge in [0.25, 0.3) is 0 Å². The Hall–Kier alpha value is -1.09. The van der Waals surface area contributed by atoms with Crippen molar-refractivity contribution in [1.82, 2.24) is 4.57 Å². The minimum atomic E-state index is 0.474. The van der Waals surface area contributed by atoms with Crippen LogP contribution in [0.3, 0.4) is 0 Å². The molecule has 2 rings (SSSR count). The number of aryl methyl sites for hydroxylation is 1. The quantitative estimate of drug-likeness (QED) is 0.753. The zero-order valence-electron chi connectivity index (χ0n) is 7.83. The van der Waals surface area contributed by atoms with Gasteiger partial charge in [0.1, 0.15) is 6.29 Å². The second kappa shape index (κ2) is 3.58. The molecule has 0 fully saturated rings. The van der Waals surface area contributed by atoms with Crippen LogP contribution < -0.4 is 0 Å². The normalized spacial score (nSPS) is 10.7. The predicted octanol–water partition coefficient (Wildman–Crippen LogP) is 2.68. The number of benzene rings is 1. The highest BCUT2D eigenvalue weighted by molar-refractivity contribution is 9.10. The van der Waals surface area contributed by atoms with Crippen molar-refractivity contribution in [2.75, 3.05) is 0 Å². The number of aldehydes is 1. The number of rotatable bonds is 2. The van der Waals surface area contributed by atoms with Crippen molar-refractivity contribution in [2.45, 2.75) is 6.42 Å². The van der Waals surface area contributed by atoms with Crippen LogP contribution in [0.2, 0.25) is 0 Å². The first-order valence-corrected chi connectivity index (χ1v) is 5.19. The first-order valence-electron chi connectivity index (χ1n) is 4.40. The highest BCUT2D eigenvalue weighted by Crippen LogP contribution is 2.27. The number of carbonyl (C=O) groups excluding carboxylic acids is 1. The van der Waals surface area contributed by atoms with Crippen molar-refractivity contribution in [1.29, 1.82) is 0 Å². The Labute approximate surface area is 90.7 Å². The van der Waals surface area contributed by atoms with Gasteiger partial charge in [0, 0.05) is 29.5 Å². The predicted molar refractivity (Wildman–Crippen MR) is 60.4 cm³/mol. The molecule has 2 aromatic rings. The van der Waals surface area contributed by atoms with E-state index in [2.05, 4.69) is 15.9 Å². The van der Waals surface area contributed by atoms with Crippen LogP contribution in [-0.2, 0) is 18.3 Å². The fourth-order valence-corrected chi connectivity index (χ4v) is 2.39. The molecule has 1 aromatic carbocycles. The molecule has 3 heteroatoms. The highest BCUT2D eigenvalue weighted by Gasteiger charge is 2.07. The molecule has 0 bridgehead atoms. The Balaban J connectivity index is 2.78. The Morgan fingerprint density at radius 1 is 1.50 bits per heavy atom.